The number of carbonyl (C=O) groups excluding carboxylic acids is 1. The molecule has 86 valence electrons. The first-order valence-electron chi connectivity index (χ1n) is 5.48. The highest BCUT2D eigenvalue weighted by molar-refractivity contribution is 5.80. The third-order valence-electron chi connectivity index (χ3n) is 2.03. The molecule has 0 aliphatic rings. The molecule has 0 fully saturated rings. The maximum absolute atomic E-state index is 12.8. The zero-order valence-corrected chi connectivity index (χ0v) is 10.1. The van der Waals surface area contributed by atoms with Crippen LogP contribution in [0.15, 0.2) is 0 Å². The van der Waals surface area contributed by atoms with Crippen LogP contribution < -0.4 is 0 Å². The minimum Gasteiger partial charge on any atom is -0.304 e. The number of halogens is 1. The van der Waals surface area contributed by atoms with Crippen molar-refractivity contribution in [3.8, 4) is 0 Å². The Morgan fingerprint density at radius 1 is 1.29 bits per heavy atom. The maximum atomic E-state index is 12.8. The van der Waals surface area contributed by atoms with E-state index in [1.54, 1.807) is 0 Å². The van der Waals surface area contributed by atoms with Gasteiger partial charge in [-0.3, -0.25) is 4.79 Å². The van der Waals surface area contributed by atoms with Gasteiger partial charge in [0.25, 0.3) is 0 Å². The van der Waals surface area contributed by atoms with Crippen LogP contribution in [0.3, 0.4) is 0 Å². The minimum absolute atomic E-state index is 0.330. The van der Waals surface area contributed by atoms with Gasteiger partial charge in [0.2, 0.25) is 0 Å². The second kappa shape index (κ2) is 10.6. The fourth-order valence-corrected chi connectivity index (χ4v) is 1.04. The lowest BCUT2D eigenvalue weighted by Gasteiger charge is -2.18. The number of hydrogen-bond acceptors (Lipinski definition) is 2. The Hall–Kier alpha value is -0.440. The van der Waals surface area contributed by atoms with Crippen LogP contribution in [0.4, 0.5) is 4.39 Å². The van der Waals surface area contributed by atoms with Crippen LogP contribution in [0, 0.1) is 0 Å². The SMILES string of the molecule is CC.CCN(CC)CCC(F)C(C)=O. The molecule has 0 aliphatic heterocycles. The summed E-state index contributed by atoms with van der Waals surface area (Å²) in [5.74, 6) is -0.359. The van der Waals surface area contributed by atoms with Gasteiger partial charge in [0.05, 0.1) is 0 Å². The molecule has 1 unspecified atom stereocenters. The summed E-state index contributed by atoms with van der Waals surface area (Å²) in [7, 11) is 0. The molecule has 0 aromatic heterocycles. The zero-order chi connectivity index (χ0) is 11.6. The zero-order valence-electron chi connectivity index (χ0n) is 10.1. The molecule has 0 radical (unpaired) electrons. The highest BCUT2D eigenvalue weighted by atomic mass is 19.1. The molecule has 0 aromatic rings. The summed E-state index contributed by atoms with van der Waals surface area (Å²) < 4.78 is 12.8. The predicted octanol–water partition coefficient (Wildman–Crippen LogP) is 2.67. The van der Waals surface area contributed by atoms with Gasteiger partial charge in [0.1, 0.15) is 0 Å². The number of hydrogen-bond donors (Lipinski definition) is 0. The summed E-state index contributed by atoms with van der Waals surface area (Å²) in [6.45, 7) is 11.9. The van der Waals surface area contributed by atoms with Gasteiger partial charge in [-0.1, -0.05) is 27.7 Å². The van der Waals surface area contributed by atoms with E-state index < -0.39 is 6.17 Å². The van der Waals surface area contributed by atoms with E-state index in [1.807, 2.05) is 27.7 Å². The molecule has 0 N–H and O–H groups in total. The van der Waals surface area contributed by atoms with E-state index in [9.17, 15) is 9.18 Å². The lowest BCUT2D eigenvalue weighted by Crippen LogP contribution is -2.27. The lowest BCUT2D eigenvalue weighted by atomic mass is 10.2. The number of Topliss-reactive ketones (excluding diaryl/α,β-unsaturated/α-hetero) is 1. The van der Waals surface area contributed by atoms with Crippen LogP contribution in [0.2, 0.25) is 0 Å². The molecular formula is C11H24FNO. The van der Waals surface area contributed by atoms with Gasteiger partial charge in [-0.15, -0.1) is 0 Å². The smallest absolute Gasteiger partial charge is 0.163 e. The first kappa shape index (κ1) is 16.0. The van der Waals surface area contributed by atoms with Crippen molar-refractivity contribution < 1.29 is 9.18 Å². The van der Waals surface area contributed by atoms with E-state index in [-0.39, 0.29) is 5.78 Å². The number of alkyl halides is 1. The average molecular weight is 205 g/mol. The fraction of sp³-hybridized carbons (Fsp3) is 0.909. The summed E-state index contributed by atoms with van der Waals surface area (Å²) in [6, 6.07) is 0. The van der Waals surface area contributed by atoms with Crippen molar-refractivity contribution in [3.05, 3.63) is 0 Å². The summed E-state index contributed by atoms with van der Waals surface area (Å²) in [4.78, 5) is 12.6. The number of rotatable bonds is 6. The Balaban J connectivity index is 0. The quantitative estimate of drug-likeness (QED) is 0.664. The van der Waals surface area contributed by atoms with Crippen LogP contribution >= 0.6 is 0 Å². The molecule has 0 bridgehead atoms. The van der Waals surface area contributed by atoms with E-state index in [1.165, 1.54) is 6.92 Å². The predicted molar refractivity (Wildman–Crippen MR) is 59.3 cm³/mol. The summed E-state index contributed by atoms with van der Waals surface area (Å²) in [5, 5.41) is 0. The molecule has 3 heteroatoms. The Kier molecular flexibility index (Phi) is 12.2. The highest BCUT2D eigenvalue weighted by Gasteiger charge is 2.12. The number of ketones is 1. The monoisotopic (exact) mass is 205 g/mol. The third kappa shape index (κ3) is 8.17. The molecule has 0 spiro atoms. The largest absolute Gasteiger partial charge is 0.304 e. The molecule has 0 rings (SSSR count). The van der Waals surface area contributed by atoms with E-state index in [0.717, 1.165) is 13.1 Å². The first-order valence-corrected chi connectivity index (χ1v) is 5.48. The maximum Gasteiger partial charge on any atom is 0.163 e. The molecule has 0 aromatic carbocycles. The van der Waals surface area contributed by atoms with E-state index in [4.69, 9.17) is 0 Å². The third-order valence-corrected chi connectivity index (χ3v) is 2.03. The second-order valence-electron chi connectivity index (χ2n) is 2.89. The second-order valence-corrected chi connectivity index (χ2v) is 2.89. The van der Waals surface area contributed by atoms with Crippen LogP contribution in [-0.2, 0) is 4.79 Å². The summed E-state index contributed by atoms with van der Waals surface area (Å²) >= 11 is 0. The van der Waals surface area contributed by atoms with Gasteiger partial charge in [-0.05, 0) is 26.4 Å². The number of carbonyl (C=O) groups is 1. The van der Waals surface area contributed by atoms with Crippen LogP contribution in [0.25, 0.3) is 0 Å². The van der Waals surface area contributed by atoms with Gasteiger partial charge in [0, 0.05) is 6.54 Å². The number of nitrogens with zero attached hydrogens (tertiary/aromatic N) is 1. The first-order chi connectivity index (χ1) is 6.61. The van der Waals surface area contributed by atoms with Crippen LogP contribution in [0.5, 0.6) is 0 Å². The molecule has 0 saturated heterocycles. The van der Waals surface area contributed by atoms with Crippen molar-refractivity contribution in [2.75, 3.05) is 19.6 Å². The standard InChI is InChI=1S/C9H18FNO.C2H6/c1-4-11(5-2)7-6-9(10)8(3)12;1-2/h9H,4-7H2,1-3H3;1-2H3. The van der Waals surface area contributed by atoms with Crippen LogP contribution in [0.1, 0.15) is 41.0 Å². The van der Waals surface area contributed by atoms with Gasteiger partial charge in [-0.2, -0.15) is 0 Å². The van der Waals surface area contributed by atoms with Crippen molar-refractivity contribution in [2.45, 2.75) is 47.2 Å². The van der Waals surface area contributed by atoms with Gasteiger partial charge >= 0.3 is 0 Å². The van der Waals surface area contributed by atoms with E-state index in [0.29, 0.717) is 13.0 Å². The molecule has 0 aliphatic carbocycles. The lowest BCUT2D eigenvalue weighted by molar-refractivity contribution is -0.122. The Labute approximate surface area is 87.5 Å². The average Bonchev–Trinajstić information content (AvgIpc) is 2.22. The van der Waals surface area contributed by atoms with Gasteiger partial charge < -0.3 is 4.90 Å². The van der Waals surface area contributed by atoms with Crippen molar-refractivity contribution >= 4 is 5.78 Å². The van der Waals surface area contributed by atoms with E-state index in [2.05, 4.69) is 4.90 Å². The highest BCUT2D eigenvalue weighted by Crippen LogP contribution is 2.01. The van der Waals surface area contributed by atoms with Crippen molar-refractivity contribution in [3.63, 3.8) is 0 Å². The van der Waals surface area contributed by atoms with Crippen molar-refractivity contribution in [1.29, 1.82) is 0 Å². The Morgan fingerprint density at radius 2 is 1.71 bits per heavy atom. The van der Waals surface area contributed by atoms with Gasteiger partial charge in [-0.25, -0.2) is 4.39 Å². The molecule has 0 saturated carbocycles. The Bertz CT molecular complexity index is 135. The Morgan fingerprint density at radius 3 is 2.00 bits per heavy atom. The molecule has 0 heterocycles. The molecular weight excluding hydrogens is 181 g/mol. The normalized spacial score (nSPS) is 11.9. The topological polar surface area (TPSA) is 20.3 Å². The van der Waals surface area contributed by atoms with E-state index >= 15 is 0 Å². The van der Waals surface area contributed by atoms with Crippen molar-refractivity contribution in [1.82, 2.24) is 4.90 Å². The molecule has 0 amide bonds. The minimum atomic E-state index is -1.27. The fourth-order valence-electron chi connectivity index (χ4n) is 1.04. The molecule has 1 atom stereocenters. The van der Waals surface area contributed by atoms with Gasteiger partial charge in [0.15, 0.2) is 12.0 Å². The summed E-state index contributed by atoms with van der Waals surface area (Å²) in [5.41, 5.74) is 0. The van der Waals surface area contributed by atoms with Crippen LogP contribution in [-0.4, -0.2) is 36.5 Å². The molecule has 2 nitrogen and oxygen atoms in total. The summed E-state index contributed by atoms with van der Waals surface area (Å²) in [6.07, 6.45) is -0.942. The molecule has 14 heavy (non-hydrogen) atoms. The van der Waals surface area contributed by atoms with Crippen molar-refractivity contribution in [2.24, 2.45) is 0 Å².